The molecule has 0 bridgehead atoms. The molecule has 0 saturated heterocycles. The van der Waals surface area contributed by atoms with Crippen molar-refractivity contribution in [2.45, 2.75) is 32.2 Å². The molecule has 0 aliphatic carbocycles. The fourth-order valence-corrected chi connectivity index (χ4v) is 1.89. The first-order valence-corrected chi connectivity index (χ1v) is 6.16. The maximum Gasteiger partial charge on any atom is 0.0578 e. The first-order chi connectivity index (χ1) is 8.27. The average molecular weight is 230 g/mol. The minimum Gasteiger partial charge on any atom is -0.329 e. The summed E-state index contributed by atoms with van der Waals surface area (Å²) in [5.41, 5.74) is 7.14. The van der Waals surface area contributed by atoms with E-state index < -0.39 is 0 Å². The van der Waals surface area contributed by atoms with Crippen LogP contribution in [0.5, 0.6) is 0 Å². The maximum atomic E-state index is 5.77. The van der Waals surface area contributed by atoms with Gasteiger partial charge in [0, 0.05) is 12.6 Å². The minimum absolute atomic E-state index is 0.339. The third-order valence-corrected chi connectivity index (χ3v) is 2.95. The Bertz CT molecular complexity index is 362. The molecule has 0 heterocycles. The van der Waals surface area contributed by atoms with Crippen LogP contribution >= 0.6 is 0 Å². The van der Waals surface area contributed by atoms with Gasteiger partial charge in [-0.15, -0.1) is 5.92 Å². The topological polar surface area (TPSA) is 38.0 Å². The second kappa shape index (κ2) is 7.89. The van der Waals surface area contributed by atoms with Crippen molar-refractivity contribution in [3.8, 4) is 11.8 Å². The molecule has 2 heteroatoms. The largest absolute Gasteiger partial charge is 0.329 e. The normalized spacial score (nSPS) is 13.6. The summed E-state index contributed by atoms with van der Waals surface area (Å²) in [6.45, 7) is 5.47. The molecule has 17 heavy (non-hydrogen) atoms. The molecule has 1 rings (SSSR count). The van der Waals surface area contributed by atoms with Gasteiger partial charge in [-0.25, -0.2) is 0 Å². The van der Waals surface area contributed by atoms with Gasteiger partial charge in [0.1, 0.15) is 0 Å². The Balaban J connectivity index is 2.46. The van der Waals surface area contributed by atoms with Crippen molar-refractivity contribution in [1.29, 1.82) is 0 Å². The Morgan fingerprint density at radius 3 is 2.59 bits per heavy atom. The molecule has 0 aliphatic rings. The fourth-order valence-electron chi connectivity index (χ4n) is 1.89. The number of hydrogen-bond donors (Lipinski definition) is 2. The van der Waals surface area contributed by atoms with Crippen LogP contribution in [0.15, 0.2) is 30.3 Å². The summed E-state index contributed by atoms with van der Waals surface area (Å²) in [5.74, 6) is 6.41. The van der Waals surface area contributed by atoms with E-state index in [0.717, 1.165) is 13.0 Å². The smallest absolute Gasteiger partial charge is 0.0578 e. The van der Waals surface area contributed by atoms with E-state index >= 15 is 0 Å². The molecule has 0 amide bonds. The quantitative estimate of drug-likeness (QED) is 0.735. The number of nitrogens with two attached hydrogens (primary N) is 1. The predicted octanol–water partition coefficient (Wildman–Crippen LogP) is 2.12. The zero-order valence-electron chi connectivity index (χ0n) is 10.7. The molecule has 0 saturated carbocycles. The first-order valence-electron chi connectivity index (χ1n) is 6.16. The highest BCUT2D eigenvalue weighted by Crippen LogP contribution is 2.19. The summed E-state index contributed by atoms with van der Waals surface area (Å²) < 4.78 is 0. The Labute approximate surface area is 105 Å². The summed E-state index contributed by atoms with van der Waals surface area (Å²) in [7, 11) is 0. The van der Waals surface area contributed by atoms with E-state index in [-0.39, 0.29) is 0 Å². The Kier molecular flexibility index (Phi) is 6.39. The zero-order chi connectivity index (χ0) is 12.5. The van der Waals surface area contributed by atoms with Gasteiger partial charge in [0.15, 0.2) is 0 Å². The van der Waals surface area contributed by atoms with Gasteiger partial charge in [0.25, 0.3) is 0 Å². The van der Waals surface area contributed by atoms with E-state index in [2.05, 4.69) is 48.3 Å². The van der Waals surface area contributed by atoms with Crippen molar-refractivity contribution in [3.05, 3.63) is 35.9 Å². The lowest BCUT2D eigenvalue weighted by Crippen LogP contribution is -2.37. The SMILES string of the molecule is CC#CCNC(CN)CC(C)c1ccccc1. The van der Waals surface area contributed by atoms with Gasteiger partial charge in [0.05, 0.1) is 6.54 Å². The van der Waals surface area contributed by atoms with Crippen molar-refractivity contribution in [2.75, 3.05) is 13.1 Å². The fraction of sp³-hybridized carbons (Fsp3) is 0.467. The average Bonchev–Trinajstić information content (AvgIpc) is 2.38. The van der Waals surface area contributed by atoms with Crippen molar-refractivity contribution >= 4 is 0 Å². The third-order valence-electron chi connectivity index (χ3n) is 2.95. The van der Waals surface area contributed by atoms with Crippen LogP contribution in [0.3, 0.4) is 0 Å². The van der Waals surface area contributed by atoms with Crippen molar-refractivity contribution in [2.24, 2.45) is 5.73 Å². The third kappa shape index (κ3) is 5.04. The lowest BCUT2D eigenvalue weighted by atomic mass is 9.94. The van der Waals surface area contributed by atoms with Gasteiger partial charge in [-0.2, -0.15) is 0 Å². The zero-order valence-corrected chi connectivity index (χ0v) is 10.7. The highest BCUT2D eigenvalue weighted by atomic mass is 14.9. The minimum atomic E-state index is 0.339. The van der Waals surface area contributed by atoms with Crippen molar-refractivity contribution in [1.82, 2.24) is 5.32 Å². The van der Waals surface area contributed by atoms with Gasteiger partial charge < -0.3 is 11.1 Å². The van der Waals surface area contributed by atoms with Crippen LogP contribution < -0.4 is 11.1 Å². The van der Waals surface area contributed by atoms with Crippen molar-refractivity contribution < 1.29 is 0 Å². The van der Waals surface area contributed by atoms with Crippen LogP contribution in [0.25, 0.3) is 0 Å². The molecule has 0 aliphatic heterocycles. The summed E-state index contributed by atoms with van der Waals surface area (Å²) in [4.78, 5) is 0. The van der Waals surface area contributed by atoms with E-state index in [1.165, 1.54) is 5.56 Å². The molecular formula is C15H22N2. The standard InChI is InChI=1S/C15H22N2/c1-3-4-10-17-15(12-16)11-13(2)14-8-6-5-7-9-14/h5-9,13,15,17H,10-12,16H2,1-2H3. The van der Waals surface area contributed by atoms with Crippen LogP contribution in [0.4, 0.5) is 0 Å². The molecule has 2 unspecified atom stereocenters. The number of nitrogens with one attached hydrogen (secondary N) is 1. The second-order valence-electron chi connectivity index (χ2n) is 4.29. The van der Waals surface area contributed by atoms with Gasteiger partial charge in [0.2, 0.25) is 0 Å². The number of rotatable bonds is 6. The molecule has 0 radical (unpaired) electrons. The number of hydrogen-bond acceptors (Lipinski definition) is 2. The predicted molar refractivity (Wildman–Crippen MR) is 73.8 cm³/mol. The number of benzene rings is 1. The molecule has 0 aromatic heterocycles. The van der Waals surface area contributed by atoms with Crippen molar-refractivity contribution in [3.63, 3.8) is 0 Å². The molecule has 2 nitrogen and oxygen atoms in total. The lowest BCUT2D eigenvalue weighted by molar-refractivity contribution is 0.478. The maximum absolute atomic E-state index is 5.77. The molecule has 0 fully saturated rings. The monoisotopic (exact) mass is 230 g/mol. The van der Waals surface area contributed by atoms with Crippen LogP contribution in [-0.4, -0.2) is 19.1 Å². The van der Waals surface area contributed by atoms with Crippen LogP contribution in [0, 0.1) is 11.8 Å². The highest BCUT2D eigenvalue weighted by Gasteiger charge is 2.12. The highest BCUT2D eigenvalue weighted by molar-refractivity contribution is 5.19. The van der Waals surface area contributed by atoms with E-state index in [0.29, 0.717) is 18.5 Å². The van der Waals surface area contributed by atoms with Gasteiger partial charge in [-0.3, -0.25) is 0 Å². The molecular weight excluding hydrogens is 208 g/mol. The van der Waals surface area contributed by atoms with E-state index in [1.54, 1.807) is 0 Å². The summed E-state index contributed by atoms with van der Waals surface area (Å²) in [6.07, 6.45) is 1.05. The van der Waals surface area contributed by atoms with Crippen LogP contribution in [0.1, 0.15) is 31.7 Å². The Morgan fingerprint density at radius 1 is 1.29 bits per heavy atom. The van der Waals surface area contributed by atoms with Gasteiger partial charge >= 0.3 is 0 Å². The first kappa shape index (κ1) is 13.8. The Morgan fingerprint density at radius 2 is 2.00 bits per heavy atom. The molecule has 92 valence electrons. The van der Waals surface area contributed by atoms with Gasteiger partial charge in [-0.1, -0.05) is 43.2 Å². The molecule has 1 aromatic rings. The second-order valence-corrected chi connectivity index (χ2v) is 4.29. The molecule has 1 aromatic carbocycles. The van der Waals surface area contributed by atoms with E-state index in [4.69, 9.17) is 5.73 Å². The van der Waals surface area contributed by atoms with E-state index in [1.807, 2.05) is 13.0 Å². The molecule has 0 spiro atoms. The van der Waals surface area contributed by atoms with E-state index in [9.17, 15) is 0 Å². The molecule has 2 atom stereocenters. The van der Waals surface area contributed by atoms with Gasteiger partial charge in [-0.05, 0) is 24.8 Å². The summed E-state index contributed by atoms with van der Waals surface area (Å²) in [6, 6.07) is 10.9. The summed E-state index contributed by atoms with van der Waals surface area (Å²) >= 11 is 0. The summed E-state index contributed by atoms with van der Waals surface area (Å²) in [5, 5.41) is 3.37. The van der Waals surface area contributed by atoms with Crippen LogP contribution in [-0.2, 0) is 0 Å². The lowest BCUT2D eigenvalue weighted by Gasteiger charge is -2.20. The Hall–Kier alpha value is -1.30. The van der Waals surface area contributed by atoms with Crippen LogP contribution in [0.2, 0.25) is 0 Å². The molecule has 3 N–H and O–H groups in total.